The maximum absolute atomic E-state index is 12.9. The summed E-state index contributed by atoms with van der Waals surface area (Å²) in [7, 11) is -3.47. The molecule has 0 spiro atoms. The standard InChI is InChI=1S/C15H24N2O2S2/c1-11-9-13(16)10-14(12(11)2)21(18,19)17-6-5-15(3,4)20-8-7-17/h9-10H,5-8,16H2,1-4H3. The molecule has 1 saturated heterocycles. The van der Waals surface area contributed by atoms with Crippen molar-refractivity contribution in [1.29, 1.82) is 0 Å². The van der Waals surface area contributed by atoms with Crippen LogP contribution in [0.1, 0.15) is 31.4 Å². The summed E-state index contributed by atoms with van der Waals surface area (Å²) >= 11 is 1.84. The zero-order valence-electron chi connectivity index (χ0n) is 13.1. The van der Waals surface area contributed by atoms with Crippen LogP contribution in [0.4, 0.5) is 5.69 Å². The van der Waals surface area contributed by atoms with Crippen molar-refractivity contribution in [3.8, 4) is 0 Å². The topological polar surface area (TPSA) is 63.4 Å². The number of anilines is 1. The predicted octanol–water partition coefficient (Wildman–Crippen LogP) is 2.79. The second kappa shape index (κ2) is 5.82. The quantitative estimate of drug-likeness (QED) is 0.848. The van der Waals surface area contributed by atoms with Crippen LogP contribution in [0, 0.1) is 13.8 Å². The first-order chi connectivity index (χ1) is 9.63. The molecular weight excluding hydrogens is 304 g/mol. The first-order valence-electron chi connectivity index (χ1n) is 7.14. The van der Waals surface area contributed by atoms with Gasteiger partial charge in [-0.15, -0.1) is 0 Å². The Hall–Kier alpha value is -0.720. The summed E-state index contributed by atoms with van der Waals surface area (Å²) in [5.41, 5.74) is 8.05. The van der Waals surface area contributed by atoms with Crippen molar-refractivity contribution in [2.45, 2.75) is 43.8 Å². The van der Waals surface area contributed by atoms with Crippen LogP contribution in [0.15, 0.2) is 17.0 Å². The minimum atomic E-state index is -3.47. The van der Waals surface area contributed by atoms with Crippen LogP contribution in [0.2, 0.25) is 0 Å². The van der Waals surface area contributed by atoms with E-state index in [2.05, 4.69) is 13.8 Å². The first kappa shape index (κ1) is 16.6. The van der Waals surface area contributed by atoms with Crippen molar-refractivity contribution in [3.63, 3.8) is 0 Å². The second-order valence-corrected chi connectivity index (χ2v) is 9.93. The molecule has 2 rings (SSSR count). The summed E-state index contributed by atoms with van der Waals surface area (Å²) in [5.74, 6) is 0.826. The van der Waals surface area contributed by atoms with Gasteiger partial charge in [-0.1, -0.05) is 13.8 Å². The third-order valence-corrected chi connectivity index (χ3v) is 7.45. The van der Waals surface area contributed by atoms with Gasteiger partial charge in [-0.25, -0.2) is 8.42 Å². The highest BCUT2D eigenvalue weighted by molar-refractivity contribution is 8.00. The summed E-state index contributed by atoms with van der Waals surface area (Å²) in [4.78, 5) is 0.352. The molecule has 1 fully saturated rings. The Labute approximate surface area is 132 Å². The van der Waals surface area contributed by atoms with Crippen molar-refractivity contribution >= 4 is 27.5 Å². The predicted molar refractivity (Wildman–Crippen MR) is 90.2 cm³/mol. The van der Waals surface area contributed by atoms with E-state index in [4.69, 9.17) is 5.73 Å². The minimum absolute atomic E-state index is 0.130. The summed E-state index contributed by atoms with van der Waals surface area (Å²) in [6.45, 7) is 9.21. The van der Waals surface area contributed by atoms with Crippen LogP contribution in [0.25, 0.3) is 0 Å². The van der Waals surface area contributed by atoms with Crippen LogP contribution >= 0.6 is 11.8 Å². The van der Waals surface area contributed by atoms with E-state index in [0.717, 1.165) is 23.3 Å². The summed E-state index contributed by atoms with van der Waals surface area (Å²) in [5, 5.41) is 0. The van der Waals surface area contributed by atoms with Gasteiger partial charge in [0.05, 0.1) is 4.90 Å². The minimum Gasteiger partial charge on any atom is -0.399 e. The molecular formula is C15H24N2O2S2. The Kier molecular flexibility index (Phi) is 4.61. The van der Waals surface area contributed by atoms with E-state index in [-0.39, 0.29) is 4.75 Å². The number of nitrogens with zero attached hydrogens (tertiary/aromatic N) is 1. The van der Waals surface area contributed by atoms with Gasteiger partial charge in [-0.2, -0.15) is 16.1 Å². The van der Waals surface area contributed by atoms with Gasteiger partial charge in [0.1, 0.15) is 0 Å². The Balaban J connectivity index is 2.39. The van der Waals surface area contributed by atoms with Crippen molar-refractivity contribution < 1.29 is 8.42 Å². The Morgan fingerprint density at radius 1 is 1.24 bits per heavy atom. The molecule has 0 amide bonds. The Bertz CT molecular complexity index is 639. The SMILES string of the molecule is Cc1cc(N)cc(S(=O)(=O)N2CCSC(C)(C)CC2)c1C. The van der Waals surface area contributed by atoms with Gasteiger partial charge in [-0.05, 0) is 43.5 Å². The molecule has 0 radical (unpaired) electrons. The molecule has 4 nitrogen and oxygen atoms in total. The van der Waals surface area contributed by atoms with Crippen LogP contribution in [0.5, 0.6) is 0 Å². The lowest BCUT2D eigenvalue weighted by Gasteiger charge is -2.23. The summed E-state index contributed by atoms with van der Waals surface area (Å²) in [6.07, 6.45) is 0.858. The van der Waals surface area contributed by atoms with Gasteiger partial charge in [0, 0.05) is 29.3 Å². The van der Waals surface area contributed by atoms with Crippen LogP contribution in [0.3, 0.4) is 0 Å². The normalized spacial score (nSPS) is 20.2. The lowest BCUT2D eigenvalue weighted by Crippen LogP contribution is -2.34. The fourth-order valence-electron chi connectivity index (χ4n) is 2.50. The third-order valence-electron chi connectivity index (χ3n) is 4.06. The Morgan fingerprint density at radius 3 is 2.57 bits per heavy atom. The monoisotopic (exact) mass is 328 g/mol. The van der Waals surface area contributed by atoms with Crippen LogP contribution in [-0.2, 0) is 10.0 Å². The second-order valence-electron chi connectivity index (χ2n) is 6.22. The van der Waals surface area contributed by atoms with Gasteiger partial charge < -0.3 is 5.73 Å². The summed E-state index contributed by atoms with van der Waals surface area (Å²) < 4.78 is 27.6. The van der Waals surface area contributed by atoms with E-state index in [1.54, 1.807) is 10.4 Å². The lowest BCUT2D eigenvalue weighted by molar-refractivity contribution is 0.415. The number of hydrogen-bond acceptors (Lipinski definition) is 4. The molecule has 2 N–H and O–H groups in total. The average molecular weight is 329 g/mol. The zero-order valence-corrected chi connectivity index (χ0v) is 14.8. The lowest BCUT2D eigenvalue weighted by atomic mass is 10.1. The number of thioether (sulfide) groups is 1. The zero-order chi connectivity index (χ0) is 15.8. The highest BCUT2D eigenvalue weighted by Gasteiger charge is 2.32. The third kappa shape index (κ3) is 3.55. The summed E-state index contributed by atoms with van der Waals surface area (Å²) in [6, 6.07) is 3.40. The van der Waals surface area contributed by atoms with E-state index < -0.39 is 10.0 Å². The van der Waals surface area contributed by atoms with Gasteiger partial charge in [0.15, 0.2) is 0 Å². The molecule has 21 heavy (non-hydrogen) atoms. The molecule has 0 aromatic heterocycles. The molecule has 1 heterocycles. The molecule has 0 atom stereocenters. The number of rotatable bonds is 2. The molecule has 1 aliphatic heterocycles. The molecule has 1 aromatic carbocycles. The van der Waals surface area contributed by atoms with Crippen molar-refractivity contribution in [2.75, 3.05) is 24.6 Å². The molecule has 1 aliphatic rings. The molecule has 1 aromatic rings. The molecule has 118 valence electrons. The fraction of sp³-hybridized carbons (Fsp3) is 0.600. The molecule has 0 unspecified atom stereocenters. The molecule has 0 aliphatic carbocycles. The van der Waals surface area contributed by atoms with Crippen molar-refractivity contribution in [2.24, 2.45) is 0 Å². The van der Waals surface area contributed by atoms with E-state index >= 15 is 0 Å². The molecule has 0 saturated carbocycles. The van der Waals surface area contributed by atoms with Crippen molar-refractivity contribution in [1.82, 2.24) is 4.31 Å². The Morgan fingerprint density at radius 2 is 1.90 bits per heavy atom. The number of nitrogens with two attached hydrogens (primary N) is 1. The fourth-order valence-corrected chi connectivity index (χ4v) is 5.49. The highest BCUT2D eigenvalue weighted by atomic mass is 32.2. The largest absolute Gasteiger partial charge is 0.399 e. The smallest absolute Gasteiger partial charge is 0.243 e. The van der Waals surface area contributed by atoms with E-state index in [1.807, 2.05) is 31.7 Å². The highest BCUT2D eigenvalue weighted by Crippen LogP contribution is 2.33. The number of hydrogen-bond donors (Lipinski definition) is 1. The number of aryl methyl sites for hydroxylation is 1. The average Bonchev–Trinajstić information content (AvgIpc) is 2.55. The van der Waals surface area contributed by atoms with Gasteiger partial charge >= 0.3 is 0 Å². The molecule has 6 heteroatoms. The van der Waals surface area contributed by atoms with Crippen molar-refractivity contribution in [3.05, 3.63) is 23.3 Å². The maximum Gasteiger partial charge on any atom is 0.243 e. The number of nitrogen functional groups attached to an aromatic ring is 1. The van der Waals surface area contributed by atoms with Gasteiger partial charge in [0.2, 0.25) is 10.0 Å². The van der Waals surface area contributed by atoms with Gasteiger partial charge in [0.25, 0.3) is 0 Å². The number of sulfonamides is 1. The van der Waals surface area contributed by atoms with E-state index in [9.17, 15) is 8.42 Å². The van der Waals surface area contributed by atoms with Gasteiger partial charge in [-0.3, -0.25) is 0 Å². The molecule has 0 bridgehead atoms. The first-order valence-corrected chi connectivity index (χ1v) is 9.57. The van der Waals surface area contributed by atoms with E-state index in [0.29, 0.717) is 23.7 Å². The van der Waals surface area contributed by atoms with Crippen LogP contribution in [-0.4, -0.2) is 36.3 Å². The van der Waals surface area contributed by atoms with E-state index in [1.165, 1.54) is 0 Å². The number of benzene rings is 1. The van der Waals surface area contributed by atoms with Crippen LogP contribution < -0.4 is 5.73 Å². The maximum atomic E-state index is 12.9.